The number of rotatable bonds is 0. The highest BCUT2D eigenvalue weighted by atomic mass is 14.7. The van der Waals surface area contributed by atoms with Gasteiger partial charge in [-0.15, -0.1) is 0 Å². The normalized spacial score (nSPS) is 66.3. The molecule has 7 aliphatic carbocycles. The molecule has 0 aromatic rings. The van der Waals surface area contributed by atoms with Crippen molar-refractivity contribution in [1.82, 2.24) is 0 Å². The molecule has 0 nitrogen and oxygen atoms in total. The summed E-state index contributed by atoms with van der Waals surface area (Å²) in [5.74, 6) is 7.56. The maximum atomic E-state index is 2.68. The molecule has 0 amide bonds. The summed E-state index contributed by atoms with van der Waals surface area (Å²) in [5.41, 5.74) is 0.748. The van der Waals surface area contributed by atoms with Gasteiger partial charge in [-0.25, -0.2) is 0 Å². The van der Waals surface area contributed by atoms with Crippen LogP contribution in [0.3, 0.4) is 0 Å². The van der Waals surface area contributed by atoms with Crippen molar-refractivity contribution in [2.24, 2.45) is 46.8 Å². The summed E-state index contributed by atoms with van der Waals surface area (Å²) < 4.78 is 0. The second-order valence-corrected chi connectivity index (χ2v) is 8.10. The smallest absolute Gasteiger partial charge is 0.0194 e. The molecular weight excluding hydrogens is 204 g/mol. The van der Waals surface area contributed by atoms with Gasteiger partial charge >= 0.3 is 0 Å². The SMILES string of the molecule is CC12CC3CC1C1CCC4C=CC(C4)C2CC31. The lowest BCUT2D eigenvalue weighted by molar-refractivity contribution is -0.0643. The van der Waals surface area contributed by atoms with Crippen molar-refractivity contribution in [3.8, 4) is 0 Å². The van der Waals surface area contributed by atoms with Gasteiger partial charge in [0.2, 0.25) is 0 Å². The maximum absolute atomic E-state index is 2.68. The summed E-state index contributed by atoms with van der Waals surface area (Å²) in [4.78, 5) is 0. The summed E-state index contributed by atoms with van der Waals surface area (Å²) in [6.45, 7) is 2.68. The van der Waals surface area contributed by atoms with Gasteiger partial charge in [-0.3, -0.25) is 0 Å². The van der Waals surface area contributed by atoms with E-state index in [0.717, 1.165) is 46.8 Å². The Hall–Kier alpha value is -0.260. The Bertz CT molecular complexity index is 395. The van der Waals surface area contributed by atoms with E-state index < -0.39 is 0 Å². The molecule has 8 bridgehead atoms. The molecular formula is C17H24. The number of hydrogen-bond donors (Lipinski definition) is 0. The van der Waals surface area contributed by atoms with Gasteiger partial charge < -0.3 is 0 Å². The number of allylic oxidation sites excluding steroid dienone is 2. The summed E-state index contributed by atoms with van der Waals surface area (Å²) >= 11 is 0. The molecule has 6 fully saturated rings. The Morgan fingerprint density at radius 2 is 1.88 bits per heavy atom. The fourth-order valence-electron chi connectivity index (χ4n) is 7.19. The summed E-state index contributed by atoms with van der Waals surface area (Å²) in [5, 5.41) is 0. The van der Waals surface area contributed by atoms with Crippen LogP contribution in [0, 0.1) is 46.8 Å². The highest BCUT2D eigenvalue weighted by Gasteiger charge is 2.65. The third kappa shape index (κ3) is 0.992. The Morgan fingerprint density at radius 1 is 0.941 bits per heavy atom. The van der Waals surface area contributed by atoms with E-state index in [1.807, 2.05) is 0 Å². The van der Waals surface area contributed by atoms with Crippen LogP contribution < -0.4 is 0 Å². The van der Waals surface area contributed by atoms with E-state index in [1.54, 1.807) is 25.7 Å². The average Bonchev–Trinajstić information content (AvgIpc) is 2.96. The van der Waals surface area contributed by atoms with Gasteiger partial charge in [-0.05, 0) is 85.4 Å². The highest BCUT2D eigenvalue weighted by Crippen LogP contribution is 2.73. The van der Waals surface area contributed by atoms with Crippen LogP contribution in [0.2, 0.25) is 0 Å². The van der Waals surface area contributed by atoms with Gasteiger partial charge in [0.15, 0.2) is 0 Å². The van der Waals surface area contributed by atoms with Crippen LogP contribution >= 0.6 is 0 Å². The average molecular weight is 228 g/mol. The predicted octanol–water partition coefficient (Wildman–Crippen LogP) is 4.27. The van der Waals surface area contributed by atoms with Crippen molar-refractivity contribution >= 4 is 0 Å². The molecule has 0 radical (unpaired) electrons. The van der Waals surface area contributed by atoms with E-state index in [2.05, 4.69) is 19.1 Å². The van der Waals surface area contributed by atoms with E-state index in [4.69, 9.17) is 0 Å². The zero-order valence-corrected chi connectivity index (χ0v) is 10.9. The lowest BCUT2D eigenvalue weighted by Crippen LogP contribution is -2.49. The molecule has 6 saturated carbocycles. The van der Waals surface area contributed by atoms with Gasteiger partial charge in [0.1, 0.15) is 0 Å². The monoisotopic (exact) mass is 228 g/mol. The first-order valence-corrected chi connectivity index (χ1v) is 7.94. The minimum atomic E-state index is 0.748. The van der Waals surface area contributed by atoms with Gasteiger partial charge in [0.05, 0.1) is 0 Å². The molecule has 0 N–H and O–H groups in total. The van der Waals surface area contributed by atoms with Crippen molar-refractivity contribution in [3.63, 3.8) is 0 Å². The van der Waals surface area contributed by atoms with E-state index >= 15 is 0 Å². The van der Waals surface area contributed by atoms with Crippen LogP contribution in [0.25, 0.3) is 0 Å². The zero-order valence-electron chi connectivity index (χ0n) is 10.9. The molecule has 92 valence electrons. The first kappa shape index (κ1) is 9.64. The molecule has 0 heterocycles. The van der Waals surface area contributed by atoms with Crippen molar-refractivity contribution in [1.29, 1.82) is 0 Å². The van der Waals surface area contributed by atoms with E-state index in [1.165, 1.54) is 12.8 Å². The van der Waals surface area contributed by atoms with Crippen LogP contribution in [0.1, 0.15) is 45.4 Å². The van der Waals surface area contributed by atoms with E-state index in [9.17, 15) is 0 Å². The van der Waals surface area contributed by atoms with Gasteiger partial charge in [-0.2, -0.15) is 0 Å². The first-order valence-electron chi connectivity index (χ1n) is 7.94. The van der Waals surface area contributed by atoms with Gasteiger partial charge in [-0.1, -0.05) is 19.1 Å². The third-order valence-electron chi connectivity index (χ3n) is 7.74. The van der Waals surface area contributed by atoms with Crippen LogP contribution in [-0.2, 0) is 0 Å². The molecule has 0 spiro atoms. The minimum absolute atomic E-state index is 0.748. The fraction of sp³-hybridized carbons (Fsp3) is 0.882. The van der Waals surface area contributed by atoms with Crippen LogP contribution in [0.5, 0.6) is 0 Å². The molecule has 0 saturated heterocycles. The quantitative estimate of drug-likeness (QED) is 0.543. The van der Waals surface area contributed by atoms with Crippen molar-refractivity contribution < 1.29 is 0 Å². The zero-order chi connectivity index (χ0) is 11.2. The molecule has 8 atom stereocenters. The number of hydrogen-bond acceptors (Lipinski definition) is 0. The minimum Gasteiger partial charge on any atom is -0.0851 e. The van der Waals surface area contributed by atoms with Gasteiger partial charge in [0.25, 0.3) is 0 Å². The molecule has 17 heavy (non-hydrogen) atoms. The van der Waals surface area contributed by atoms with Crippen molar-refractivity contribution in [2.45, 2.75) is 45.4 Å². The Kier molecular flexibility index (Phi) is 1.61. The Labute approximate surface area is 105 Å². The largest absolute Gasteiger partial charge is 0.0851 e. The van der Waals surface area contributed by atoms with Crippen LogP contribution in [-0.4, -0.2) is 0 Å². The maximum Gasteiger partial charge on any atom is -0.0194 e. The first-order chi connectivity index (χ1) is 8.25. The lowest BCUT2D eigenvalue weighted by Gasteiger charge is -2.55. The summed E-state index contributed by atoms with van der Waals surface area (Å²) in [6.07, 6.45) is 14.6. The van der Waals surface area contributed by atoms with E-state index in [-0.39, 0.29) is 0 Å². The summed E-state index contributed by atoms with van der Waals surface area (Å²) in [7, 11) is 0. The fourth-order valence-corrected chi connectivity index (χ4v) is 7.19. The lowest BCUT2D eigenvalue weighted by atomic mass is 9.49. The van der Waals surface area contributed by atoms with Crippen molar-refractivity contribution in [2.75, 3.05) is 0 Å². The van der Waals surface area contributed by atoms with Crippen LogP contribution in [0.15, 0.2) is 12.2 Å². The molecule has 8 unspecified atom stereocenters. The second kappa shape index (κ2) is 2.83. The third-order valence-corrected chi connectivity index (χ3v) is 7.74. The Balaban J connectivity index is 1.66. The topological polar surface area (TPSA) is 0 Å². The second-order valence-electron chi connectivity index (χ2n) is 8.10. The molecule has 7 aliphatic rings. The highest BCUT2D eigenvalue weighted by molar-refractivity contribution is 5.18. The predicted molar refractivity (Wildman–Crippen MR) is 69.4 cm³/mol. The van der Waals surface area contributed by atoms with E-state index in [0.29, 0.717) is 0 Å². The van der Waals surface area contributed by atoms with Crippen LogP contribution in [0.4, 0.5) is 0 Å². The molecule has 0 aromatic heterocycles. The molecule has 7 rings (SSSR count). The summed E-state index contributed by atoms with van der Waals surface area (Å²) in [6, 6.07) is 0. The molecule has 0 aliphatic heterocycles. The standard InChI is InChI=1S/C17H24/c1-17-9-12-7-16(17)13-5-3-10-2-4-11(6-10)15(17)8-14(12)13/h2,4,10-16H,3,5-9H2,1H3. The number of fused-ring (bicyclic) bond motifs is 1. The Morgan fingerprint density at radius 3 is 2.82 bits per heavy atom. The molecule has 0 heteroatoms. The van der Waals surface area contributed by atoms with Crippen molar-refractivity contribution in [3.05, 3.63) is 12.2 Å². The molecule has 0 aromatic carbocycles. The van der Waals surface area contributed by atoms with Gasteiger partial charge in [0, 0.05) is 0 Å².